The Morgan fingerprint density at radius 3 is 2.83 bits per heavy atom. The minimum absolute atomic E-state index is 0.212. The van der Waals surface area contributed by atoms with E-state index in [1.54, 1.807) is 53.4 Å². The van der Waals surface area contributed by atoms with Crippen LogP contribution in [0.1, 0.15) is 5.56 Å². The van der Waals surface area contributed by atoms with Crippen LogP contribution in [0.25, 0.3) is 5.52 Å². The van der Waals surface area contributed by atoms with Gasteiger partial charge in [-0.1, -0.05) is 18.2 Å². The first-order chi connectivity index (χ1) is 10.9. The van der Waals surface area contributed by atoms with Gasteiger partial charge in [0.1, 0.15) is 11.3 Å². The molecule has 0 saturated carbocycles. The Morgan fingerprint density at radius 2 is 2.04 bits per heavy atom. The second-order valence-electron chi connectivity index (χ2n) is 4.95. The van der Waals surface area contributed by atoms with Crippen LogP contribution in [-0.2, 0) is 6.54 Å². The number of hydrogen-bond acceptors (Lipinski definition) is 4. The maximum Gasteiger partial charge on any atom is 0.573 e. The number of nitrogens with zero attached hydrogens (tertiary/aromatic N) is 4. The Hall–Kier alpha value is -2.77. The zero-order chi connectivity index (χ0) is 16.4. The van der Waals surface area contributed by atoms with Gasteiger partial charge in [0, 0.05) is 31.5 Å². The summed E-state index contributed by atoms with van der Waals surface area (Å²) in [5, 5.41) is 0. The highest BCUT2D eigenvalue weighted by molar-refractivity contribution is 5.67. The molecule has 1 aromatic carbocycles. The lowest BCUT2D eigenvalue weighted by atomic mass is 10.2. The molecular weight excluding hydrogens is 309 g/mol. The van der Waals surface area contributed by atoms with Crippen LogP contribution in [0.15, 0.2) is 49.2 Å². The number of ether oxygens (including phenoxy) is 1. The summed E-state index contributed by atoms with van der Waals surface area (Å²) >= 11 is 0. The van der Waals surface area contributed by atoms with E-state index in [9.17, 15) is 13.2 Å². The van der Waals surface area contributed by atoms with Gasteiger partial charge in [0.15, 0.2) is 5.82 Å². The molecule has 0 aliphatic heterocycles. The van der Waals surface area contributed by atoms with Crippen LogP contribution in [0.5, 0.6) is 5.75 Å². The Balaban J connectivity index is 1.89. The Morgan fingerprint density at radius 1 is 1.26 bits per heavy atom. The van der Waals surface area contributed by atoms with Crippen LogP contribution in [0.2, 0.25) is 0 Å². The van der Waals surface area contributed by atoms with Gasteiger partial charge in [0.05, 0.1) is 12.5 Å². The number of para-hydroxylation sites is 1. The van der Waals surface area contributed by atoms with Gasteiger partial charge in [-0.15, -0.1) is 13.2 Å². The molecule has 5 nitrogen and oxygen atoms in total. The van der Waals surface area contributed by atoms with Crippen molar-refractivity contribution >= 4 is 11.3 Å². The minimum Gasteiger partial charge on any atom is -0.405 e. The number of halogens is 3. The number of benzene rings is 1. The number of rotatable bonds is 4. The van der Waals surface area contributed by atoms with E-state index in [0.29, 0.717) is 11.4 Å². The fourth-order valence-electron chi connectivity index (χ4n) is 2.32. The molecule has 0 saturated heterocycles. The average Bonchev–Trinajstić information content (AvgIpc) is 2.96. The third-order valence-electron chi connectivity index (χ3n) is 3.29. The molecule has 3 aromatic rings. The van der Waals surface area contributed by atoms with Crippen LogP contribution >= 0.6 is 0 Å². The fourth-order valence-corrected chi connectivity index (χ4v) is 2.32. The monoisotopic (exact) mass is 322 g/mol. The first-order valence-electron chi connectivity index (χ1n) is 6.75. The van der Waals surface area contributed by atoms with E-state index in [0.717, 1.165) is 5.52 Å². The largest absolute Gasteiger partial charge is 0.573 e. The van der Waals surface area contributed by atoms with E-state index in [1.807, 2.05) is 0 Å². The van der Waals surface area contributed by atoms with Crippen molar-refractivity contribution in [3.63, 3.8) is 0 Å². The summed E-state index contributed by atoms with van der Waals surface area (Å²) in [6.45, 7) is 0.212. The van der Waals surface area contributed by atoms with E-state index < -0.39 is 6.36 Å². The highest BCUT2D eigenvalue weighted by atomic mass is 19.4. The SMILES string of the molecule is CN(Cc1ccccc1OC(F)(F)F)c1nccn2cncc12. The molecule has 2 heterocycles. The molecule has 0 unspecified atom stereocenters. The second kappa shape index (κ2) is 5.79. The highest BCUT2D eigenvalue weighted by Crippen LogP contribution is 2.28. The smallest absolute Gasteiger partial charge is 0.405 e. The summed E-state index contributed by atoms with van der Waals surface area (Å²) in [7, 11) is 1.75. The molecule has 120 valence electrons. The summed E-state index contributed by atoms with van der Waals surface area (Å²) in [6.07, 6.45) is 1.92. The van der Waals surface area contributed by atoms with Crippen molar-refractivity contribution in [1.29, 1.82) is 0 Å². The first-order valence-corrected chi connectivity index (χ1v) is 6.75. The van der Waals surface area contributed by atoms with Gasteiger partial charge in [0.2, 0.25) is 0 Å². The molecule has 0 radical (unpaired) electrons. The maximum absolute atomic E-state index is 12.5. The van der Waals surface area contributed by atoms with E-state index in [4.69, 9.17) is 0 Å². The summed E-state index contributed by atoms with van der Waals surface area (Å²) in [6, 6.07) is 6.05. The molecule has 0 spiro atoms. The molecule has 0 aliphatic carbocycles. The molecule has 0 atom stereocenters. The molecular formula is C15H13F3N4O. The minimum atomic E-state index is -4.72. The topological polar surface area (TPSA) is 42.7 Å². The molecule has 3 rings (SSSR count). The van der Waals surface area contributed by atoms with E-state index in [1.165, 1.54) is 12.1 Å². The van der Waals surface area contributed by atoms with Gasteiger partial charge in [-0.25, -0.2) is 9.97 Å². The lowest BCUT2D eigenvalue weighted by Crippen LogP contribution is -2.22. The predicted octanol–water partition coefficient (Wildman–Crippen LogP) is 3.26. The van der Waals surface area contributed by atoms with Crippen molar-refractivity contribution in [2.24, 2.45) is 0 Å². The molecule has 0 N–H and O–H groups in total. The maximum atomic E-state index is 12.5. The lowest BCUT2D eigenvalue weighted by molar-refractivity contribution is -0.274. The summed E-state index contributed by atoms with van der Waals surface area (Å²) in [5.41, 5.74) is 1.18. The zero-order valence-corrected chi connectivity index (χ0v) is 12.2. The van der Waals surface area contributed by atoms with E-state index in [2.05, 4.69) is 14.7 Å². The number of imidazole rings is 1. The molecule has 0 fully saturated rings. The molecule has 2 aromatic heterocycles. The Kier molecular flexibility index (Phi) is 3.81. The van der Waals surface area contributed by atoms with E-state index >= 15 is 0 Å². The predicted molar refractivity (Wildman–Crippen MR) is 78.2 cm³/mol. The van der Waals surface area contributed by atoms with Crippen molar-refractivity contribution in [3.8, 4) is 5.75 Å². The van der Waals surface area contributed by atoms with Crippen LogP contribution in [-0.4, -0.2) is 27.8 Å². The molecule has 23 heavy (non-hydrogen) atoms. The fraction of sp³-hybridized carbons (Fsp3) is 0.200. The van der Waals surface area contributed by atoms with Crippen molar-refractivity contribution in [1.82, 2.24) is 14.4 Å². The molecule has 0 aliphatic rings. The van der Waals surface area contributed by atoms with Gasteiger partial charge < -0.3 is 14.0 Å². The number of fused-ring (bicyclic) bond motifs is 1. The van der Waals surface area contributed by atoms with Crippen LogP contribution in [0.4, 0.5) is 19.0 Å². The van der Waals surface area contributed by atoms with Crippen molar-refractivity contribution < 1.29 is 17.9 Å². The second-order valence-corrected chi connectivity index (χ2v) is 4.95. The van der Waals surface area contributed by atoms with Gasteiger partial charge in [0.25, 0.3) is 0 Å². The van der Waals surface area contributed by atoms with Crippen LogP contribution < -0.4 is 9.64 Å². The number of hydrogen-bond donors (Lipinski definition) is 0. The standard InChI is InChI=1S/C15H13F3N4O/c1-21(14-12-8-19-10-22(12)7-6-20-14)9-11-4-2-3-5-13(11)23-15(16,17)18/h2-8,10H,9H2,1H3. The Labute approximate surface area is 130 Å². The van der Waals surface area contributed by atoms with E-state index in [-0.39, 0.29) is 12.3 Å². The Bertz CT molecular complexity index is 816. The average molecular weight is 322 g/mol. The molecule has 0 bridgehead atoms. The number of alkyl halides is 3. The highest BCUT2D eigenvalue weighted by Gasteiger charge is 2.32. The van der Waals surface area contributed by atoms with Gasteiger partial charge in [-0.3, -0.25) is 0 Å². The van der Waals surface area contributed by atoms with Gasteiger partial charge in [-0.2, -0.15) is 0 Å². The number of anilines is 1. The zero-order valence-electron chi connectivity index (χ0n) is 12.2. The van der Waals surface area contributed by atoms with Crippen molar-refractivity contribution in [2.75, 3.05) is 11.9 Å². The summed E-state index contributed by atoms with van der Waals surface area (Å²) < 4.78 is 43.3. The normalized spacial score (nSPS) is 11.7. The lowest BCUT2D eigenvalue weighted by Gasteiger charge is -2.21. The van der Waals surface area contributed by atoms with Crippen molar-refractivity contribution in [3.05, 3.63) is 54.7 Å². The summed E-state index contributed by atoms with van der Waals surface area (Å²) in [5.74, 6) is 0.402. The third kappa shape index (κ3) is 3.36. The quantitative estimate of drug-likeness (QED) is 0.739. The van der Waals surface area contributed by atoms with Crippen molar-refractivity contribution in [2.45, 2.75) is 12.9 Å². The first kappa shape index (κ1) is 15.1. The molecule has 8 heteroatoms. The third-order valence-corrected chi connectivity index (χ3v) is 3.29. The van der Waals surface area contributed by atoms with Gasteiger partial charge in [-0.05, 0) is 6.07 Å². The number of aromatic nitrogens is 3. The van der Waals surface area contributed by atoms with Crippen LogP contribution in [0.3, 0.4) is 0 Å². The van der Waals surface area contributed by atoms with Crippen LogP contribution in [0, 0.1) is 0 Å². The van der Waals surface area contributed by atoms with Gasteiger partial charge >= 0.3 is 6.36 Å². The molecule has 0 amide bonds. The summed E-state index contributed by atoms with van der Waals surface area (Å²) in [4.78, 5) is 10.1.